The molecular formula is C15H22BrClN2. The molecule has 1 aromatic carbocycles. The van der Waals surface area contributed by atoms with E-state index in [-0.39, 0.29) is 6.04 Å². The molecule has 106 valence electrons. The van der Waals surface area contributed by atoms with Gasteiger partial charge >= 0.3 is 0 Å². The summed E-state index contributed by atoms with van der Waals surface area (Å²) in [5, 5.41) is 0.838. The lowest BCUT2D eigenvalue weighted by Crippen LogP contribution is -2.43. The second-order valence-electron chi connectivity index (χ2n) is 5.60. The van der Waals surface area contributed by atoms with E-state index < -0.39 is 0 Å². The van der Waals surface area contributed by atoms with Crippen LogP contribution in [0.1, 0.15) is 38.3 Å². The SMILES string of the molecule is CC(N)C1CCCN(C(C)c2ccc(Br)cc2Cl)C1. The first kappa shape index (κ1) is 15.3. The zero-order chi connectivity index (χ0) is 14.0. The summed E-state index contributed by atoms with van der Waals surface area (Å²) >= 11 is 9.82. The third kappa shape index (κ3) is 3.72. The maximum Gasteiger partial charge on any atom is 0.0464 e. The predicted octanol–water partition coefficient (Wildman–Crippen LogP) is 4.22. The molecule has 1 aromatic rings. The van der Waals surface area contributed by atoms with Crippen LogP contribution >= 0.6 is 27.5 Å². The van der Waals surface area contributed by atoms with E-state index in [9.17, 15) is 0 Å². The molecule has 0 aromatic heterocycles. The van der Waals surface area contributed by atoms with E-state index in [2.05, 4.69) is 46.8 Å². The average Bonchev–Trinajstić information content (AvgIpc) is 2.38. The smallest absolute Gasteiger partial charge is 0.0464 e. The highest BCUT2D eigenvalue weighted by atomic mass is 79.9. The minimum atomic E-state index is 0.274. The van der Waals surface area contributed by atoms with E-state index in [1.165, 1.54) is 18.4 Å². The van der Waals surface area contributed by atoms with Gasteiger partial charge in [0, 0.05) is 28.1 Å². The molecule has 0 radical (unpaired) electrons. The Bertz CT molecular complexity index is 436. The van der Waals surface area contributed by atoms with E-state index >= 15 is 0 Å². The first-order valence-corrected chi connectivity index (χ1v) is 8.10. The molecule has 1 aliphatic heterocycles. The van der Waals surface area contributed by atoms with Crippen LogP contribution < -0.4 is 5.73 Å². The Morgan fingerprint density at radius 1 is 1.42 bits per heavy atom. The highest BCUT2D eigenvalue weighted by molar-refractivity contribution is 9.10. The van der Waals surface area contributed by atoms with Gasteiger partial charge in [-0.15, -0.1) is 0 Å². The summed E-state index contributed by atoms with van der Waals surface area (Å²) in [5.74, 6) is 0.602. The standard InChI is InChI=1S/C15H22BrClN2/c1-10(18)12-4-3-7-19(9-12)11(2)14-6-5-13(16)8-15(14)17/h5-6,8,10-12H,3-4,7,9,18H2,1-2H3. The summed E-state index contributed by atoms with van der Waals surface area (Å²) in [7, 11) is 0. The minimum absolute atomic E-state index is 0.274. The van der Waals surface area contributed by atoms with Gasteiger partial charge in [0.2, 0.25) is 0 Å². The van der Waals surface area contributed by atoms with Gasteiger partial charge in [-0.25, -0.2) is 0 Å². The van der Waals surface area contributed by atoms with Crippen molar-refractivity contribution in [3.05, 3.63) is 33.3 Å². The van der Waals surface area contributed by atoms with E-state index in [1.807, 2.05) is 6.07 Å². The number of benzene rings is 1. The molecule has 2 rings (SSSR count). The van der Waals surface area contributed by atoms with Crippen LogP contribution in [0.15, 0.2) is 22.7 Å². The second kappa shape index (κ2) is 6.57. The molecule has 1 aliphatic rings. The van der Waals surface area contributed by atoms with Gasteiger partial charge < -0.3 is 5.73 Å². The van der Waals surface area contributed by atoms with Crippen molar-refractivity contribution in [1.82, 2.24) is 4.90 Å². The quantitative estimate of drug-likeness (QED) is 0.888. The molecule has 0 amide bonds. The summed E-state index contributed by atoms with van der Waals surface area (Å²) < 4.78 is 1.03. The van der Waals surface area contributed by atoms with E-state index in [1.54, 1.807) is 0 Å². The van der Waals surface area contributed by atoms with Crippen LogP contribution in [0.25, 0.3) is 0 Å². The van der Waals surface area contributed by atoms with Gasteiger partial charge in [0.15, 0.2) is 0 Å². The van der Waals surface area contributed by atoms with Gasteiger partial charge in [-0.3, -0.25) is 4.90 Å². The summed E-state index contributed by atoms with van der Waals surface area (Å²) in [4.78, 5) is 2.51. The lowest BCUT2D eigenvalue weighted by atomic mass is 9.90. The number of piperidine rings is 1. The first-order valence-electron chi connectivity index (χ1n) is 6.93. The lowest BCUT2D eigenvalue weighted by molar-refractivity contribution is 0.121. The number of nitrogens with two attached hydrogens (primary N) is 1. The first-order chi connectivity index (χ1) is 8.99. The van der Waals surface area contributed by atoms with Crippen LogP contribution in [0, 0.1) is 5.92 Å². The van der Waals surface area contributed by atoms with Gasteiger partial charge in [0.05, 0.1) is 0 Å². The fraction of sp³-hybridized carbons (Fsp3) is 0.600. The maximum atomic E-state index is 6.36. The van der Waals surface area contributed by atoms with Crippen molar-refractivity contribution in [3.63, 3.8) is 0 Å². The van der Waals surface area contributed by atoms with Gasteiger partial charge in [-0.1, -0.05) is 33.6 Å². The van der Waals surface area contributed by atoms with Gasteiger partial charge in [-0.05, 0) is 56.8 Å². The second-order valence-corrected chi connectivity index (χ2v) is 6.92. The highest BCUT2D eigenvalue weighted by Gasteiger charge is 2.27. The number of hydrogen-bond donors (Lipinski definition) is 1. The maximum absolute atomic E-state index is 6.36. The largest absolute Gasteiger partial charge is 0.328 e. The molecule has 2 N–H and O–H groups in total. The number of halogens is 2. The summed E-state index contributed by atoms with van der Waals surface area (Å²) in [5.41, 5.74) is 7.26. The monoisotopic (exact) mass is 344 g/mol. The third-order valence-corrected chi connectivity index (χ3v) is 5.01. The molecule has 0 spiro atoms. The molecule has 3 unspecified atom stereocenters. The molecule has 0 bridgehead atoms. The van der Waals surface area contributed by atoms with Gasteiger partial charge in [0.25, 0.3) is 0 Å². The van der Waals surface area contributed by atoms with Crippen molar-refractivity contribution < 1.29 is 0 Å². The van der Waals surface area contributed by atoms with Crippen LogP contribution in [0.2, 0.25) is 5.02 Å². The molecule has 1 saturated heterocycles. The lowest BCUT2D eigenvalue weighted by Gasteiger charge is -2.38. The van der Waals surface area contributed by atoms with Gasteiger partial charge in [0.1, 0.15) is 0 Å². The Morgan fingerprint density at radius 3 is 2.79 bits per heavy atom. The van der Waals surface area contributed by atoms with Crippen molar-refractivity contribution in [1.29, 1.82) is 0 Å². The molecule has 19 heavy (non-hydrogen) atoms. The summed E-state index contributed by atoms with van der Waals surface area (Å²) in [6.07, 6.45) is 2.47. The molecule has 1 fully saturated rings. The van der Waals surface area contributed by atoms with Crippen LogP contribution in [-0.4, -0.2) is 24.0 Å². The van der Waals surface area contributed by atoms with Crippen LogP contribution in [0.5, 0.6) is 0 Å². The highest BCUT2D eigenvalue weighted by Crippen LogP contribution is 2.32. The Balaban J connectivity index is 2.12. The van der Waals surface area contributed by atoms with Gasteiger partial charge in [-0.2, -0.15) is 0 Å². The number of rotatable bonds is 3. The Labute approximate surface area is 129 Å². The molecule has 3 atom stereocenters. The molecule has 0 aliphatic carbocycles. The number of likely N-dealkylation sites (tertiary alicyclic amines) is 1. The fourth-order valence-corrected chi connectivity index (χ4v) is 3.69. The van der Waals surface area contributed by atoms with Crippen molar-refractivity contribution in [2.24, 2.45) is 11.7 Å². The Kier molecular flexibility index (Phi) is 5.29. The molecule has 1 heterocycles. The van der Waals surface area contributed by atoms with Crippen LogP contribution in [0.3, 0.4) is 0 Å². The van der Waals surface area contributed by atoms with E-state index in [4.69, 9.17) is 17.3 Å². The fourth-order valence-electron chi connectivity index (χ4n) is 2.86. The van der Waals surface area contributed by atoms with Crippen molar-refractivity contribution in [3.8, 4) is 0 Å². The van der Waals surface area contributed by atoms with Crippen molar-refractivity contribution in [2.45, 2.75) is 38.8 Å². The Morgan fingerprint density at radius 2 is 2.16 bits per heavy atom. The topological polar surface area (TPSA) is 29.3 Å². The summed E-state index contributed by atoms with van der Waals surface area (Å²) in [6, 6.07) is 6.77. The Hall–Kier alpha value is -0.0900. The van der Waals surface area contributed by atoms with Crippen LogP contribution in [-0.2, 0) is 0 Å². The van der Waals surface area contributed by atoms with Crippen molar-refractivity contribution in [2.75, 3.05) is 13.1 Å². The molecule has 2 nitrogen and oxygen atoms in total. The summed E-state index contributed by atoms with van der Waals surface area (Å²) in [6.45, 7) is 6.56. The zero-order valence-electron chi connectivity index (χ0n) is 11.6. The molecule has 4 heteroatoms. The predicted molar refractivity (Wildman–Crippen MR) is 85.5 cm³/mol. The minimum Gasteiger partial charge on any atom is -0.328 e. The zero-order valence-corrected chi connectivity index (χ0v) is 13.9. The average molecular weight is 346 g/mol. The number of nitrogens with zero attached hydrogens (tertiary/aromatic N) is 1. The molecular weight excluding hydrogens is 324 g/mol. The number of hydrogen-bond acceptors (Lipinski definition) is 2. The van der Waals surface area contributed by atoms with E-state index in [0.29, 0.717) is 12.0 Å². The molecule has 0 saturated carbocycles. The van der Waals surface area contributed by atoms with Crippen molar-refractivity contribution >= 4 is 27.5 Å². The normalized spacial score (nSPS) is 24.2. The van der Waals surface area contributed by atoms with E-state index in [0.717, 1.165) is 22.6 Å². The van der Waals surface area contributed by atoms with Crippen LogP contribution in [0.4, 0.5) is 0 Å². The third-order valence-electron chi connectivity index (χ3n) is 4.19.